The largest absolute Gasteiger partial charge is 0.398 e. The van der Waals surface area contributed by atoms with E-state index >= 15 is 0 Å². The summed E-state index contributed by atoms with van der Waals surface area (Å²) >= 11 is 3.39. The van der Waals surface area contributed by atoms with E-state index in [1.807, 2.05) is 33.8 Å². The third-order valence-corrected chi connectivity index (χ3v) is 4.16. The minimum Gasteiger partial charge on any atom is -0.398 e. The summed E-state index contributed by atoms with van der Waals surface area (Å²) in [7, 11) is 0. The lowest BCUT2D eigenvalue weighted by atomic mass is 9.81. The molecule has 1 heterocycles. The minimum atomic E-state index is -0.463. The first kappa shape index (κ1) is 14.5. The molecule has 1 aromatic rings. The molecule has 0 spiro atoms. The first-order valence-corrected chi connectivity index (χ1v) is 7.21. The predicted octanol–water partition coefficient (Wildman–Crippen LogP) is 3.81. The van der Waals surface area contributed by atoms with Crippen LogP contribution in [0.5, 0.6) is 0 Å². The van der Waals surface area contributed by atoms with E-state index in [1.165, 1.54) is 0 Å². The number of hydrogen-bond acceptors (Lipinski definition) is 3. The van der Waals surface area contributed by atoms with Crippen molar-refractivity contribution in [1.82, 2.24) is 0 Å². The highest BCUT2D eigenvalue weighted by atomic mass is 79.9. The van der Waals surface area contributed by atoms with E-state index in [4.69, 9.17) is 10.5 Å². The molecule has 0 bridgehead atoms. The molecule has 1 aliphatic heterocycles. The van der Waals surface area contributed by atoms with Gasteiger partial charge in [0.1, 0.15) is 0 Å². The fourth-order valence-corrected chi connectivity index (χ4v) is 3.26. The summed E-state index contributed by atoms with van der Waals surface area (Å²) in [6.45, 7) is 7.98. The highest BCUT2D eigenvalue weighted by Crippen LogP contribution is 2.44. The molecular formula is C15H20BrNO2. The van der Waals surface area contributed by atoms with E-state index in [-0.39, 0.29) is 17.3 Å². The maximum Gasteiger partial charge on any atom is 0.171 e. The number of nitrogen functional groups attached to an aromatic ring is 1. The van der Waals surface area contributed by atoms with E-state index in [1.54, 1.807) is 12.1 Å². The third-order valence-electron chi connectivity index (χ3n) is 3.67. The van der Waals surface area contributed by atoms with Crippen LogP contribution >= 0.6 is 15.9 Å². The van der Waals surface area contributed by atoms with Gasteiger partial charge >= 0.3 is 0 Å². The van der Waals surface area contributed by atoms with Crippen molar-refractivity contribution in [1.29, 1.82) is 0 Å². The molecule has 0 aliphatic carbocycles. The molecule has 0 aromatic heterocycles. The van der Waals surface area contributed by atoms with Gasteiger partial charge < -0.3 is 10.5 Å². The zero-order chi connectivity index (χ0) is 14.4. The van der Waals surface area contributed by atoms with Crippen molar-refractivity contribution in [3.05, 3.63) is 28.2 Å². The van der Waals surface area contributed by atoms with E-state index < -0.39 is 5.60 Å². The molecule has 1 aliphatic rings. The van der Waals surface area contributed by atoms with E-state index in [0.29, 0.717) is 17.7 Å². The fourth-order valence-electron chi connectivity index (χ4n) is 2.90. The monoisotopic (exact) mass is 325 g/mol. The van der Waals surface area contributed by atoms with Crippen LogP contribution in [0.2, 0.25) is 0 Å². The maximum absolute atomic E-state index is 12.7. The van der Waals surface area contributed by atoms with Crippen molar-refractivity contribution >= 4 is 27.4 Å². The van der Waals surface area contributed by atoms with Gasteiger partial charge in [0, 0.05) is 15.7 Å². The molecule has 1 saturated heterocycles. The molecule has 3 nitrogen and oxygen atoms in total. The van der Waals surface area contributed by atoms with Crippen molar-refractivity contribution in [3.63, 3.8) is 0 Å². The van der Waals surface area contributed by atoms with Gasteiger partial charge in [-0.2, -0.15) is 0 Å². The average Bonchev–Trinajstić information content (AvgIpc) is 2.49. The van der Waals surface area contributed by atoms with Crippen molar-refractivity contribution in [2.45, 2.75) is 45.3 Å². The second-order valence-corrected chi connectivity index (χ2v) is 7.23. The Labute approximate surface area is 122 Å². The molecule has 2 rings (SSSR count). The van der Waals surface area contributed by atoms with Crippen molar-refractivity contribution in [3.8, 4) is 0 Å². The maximum atomic E-state index is 12.7. The number of carbonyl (C=O) groups excluding carboxylic acids is 1. The number of halogens is 1. The molecule has 1 fully saturated rings. The van der Waals surface area contributed by atoms with Gasteiger partial charge in [-0.05, 0) is 52.3 Å². The molecular weight excluding hydrogens is 306 g/mol. The molecule has 104 valence electrons. The zero-order valence-corrected chi connectivity index (χ0v) is 13.4. The van der Waals surface area contributed by atoms with Crippen LogP contribution < -0.4 is 5.73 Å². The summed E-state index contributed by atoms with van der Waals surface area (Å²) in [4.78, 5) is 12.7. The first-order chi connectivity index (χ1) is 8.62. The molecule has 1 aromatic carbocycles. The quantitative estimate of drug-likeness (QED) is 0.664. The number of hydrogen-bond donors (Lipinski definition) is 1. The second-order valence-electron chi connectivity index (χ2n) is 6.32. The van der Waals surface area contributed by atoms with Gasteiger partial charge in [0.25, 0.3) is 0 Å². The number of ketones is 1. The van der Waals surface area contributed by atoms with Crippen LogP contribution in [0.4, 0.5) is 5.69 Å². The van der Waals surface area contributed by atoms with E-state index in [2.05, 4.69) is 15.9 Å². The van der Waals surface area contributed by atoms with Crippen LogP contribution in [-0.4, -0.2) is 17.0 Å². The third kappa shape index (κ3) is 2.84. The normalized spacial score (nSPS) is 24.4. The van der Waals surface area contributed by atoms with Crippen LogP contribution in [0.25, 0.3) is 0 Å². The summed E-state index contributed by atoms with van der Waals surface area (Å²) in [5.74, 6) is -0.103. The molecule has 2 N–H and O–H groups in total. The van der Waals surface area contributed by atoms with Gasteiger partial charge in [0.05, 0.1) is 17.1 Å². The number of ether oxygens (including phenoxy) is 1. The Morgan fingerprint density at radius 1 is 1.37 bits per heavy atom. The Hall–Kier alpha value is -0.870. The molecule has 19 heavy (non-hydrogen) atoms. The number of carbonyl (C=O) groups is 1. The SMILES string of the molecule is CC1(C)CC(C(=O)c2cc(Br)ccc2N)C(C)(C)O1. The van der Waals surface area contributed by atoms with Crippen molar-refractivity contribution < 1.29 is 9.53 Å². The highest BCUT2D eigenvalue weighted by molar-refractivity contribution is 9.10. The van der Waals surface area contributed by atoms with Gasteiger partial charge in [0.15, 0.2) is 5.78 Å². The number of rotatable bonds is 2. The Bertz CT molecular complexity index is 523. The standard InChI is InChI=1S/C15H20BrNO2/c1-14(2)8-11(15(3,4)19-14)13(18)10-7-9(16)5-6-12(10)17/h5-7,11H,8,17H2,1-4H3. The summed E-state index contributed by atoms with van der Waals surface area (Å²) in [5.41, 5.74) is 6.29. The van der Waals surface area contributed by atoms with Gasteiger partial charge in [0.2, 0.25) is 0 Å². The fraction of sp³-hybridized carbons (Fsp3) is 0.533. The number of benzene rings is 1. The van der Waals surface area contributed by atoms with Crippen LogP contribution in [0.1, 0.15) is 44.5 Å². The Balaban J connectivity index is 2.37. The van der Waals surface area contributed by atoms with Crippen LogP contribution in [-0.2, 0) is 4.74 Å². The molecule has 1 atom stereocenters. The topological polar surface area (TPSA) is 52.3 Å². The van der Waals surface area contributed by atoms with E-state index in [9.17, 15) is 4.79 Å². The summed E-state index contributed by atoms with van der Waals surface area (Å²) in [5, 5.41) is 0. The second kappa shape index (κ2) is 4.60. The lowest BCUT2D eigenvalue weighted by molar-refractivity contribution is -0.0712. The Morgan fingerprint density at radius 2 is 2.00 bits per heavy atom. The van der Waals surface area contributed by atoms with Crippen LogP contribution in [0.3, 0.4) is 0 Å². The summed E-state index contributed by atoms with van der Waals surface area (Å²) in [6.07, 6.45) is 0.713. The Morgan fingerprint density at radius 3 is 2.53 bits per heavy atom. The highest BCUT2D eigenvalue weighted by Gasteiger charge is 2.49. The molecule has 0 radical (unpaired) electrons. The number of nitrogens with two attached hydrogens (primary N) is 1. The molecule has 1 unspecified atom stereocenters. The predicted molar refractivity (Wildman–Crippen MR) is 80.2 cm³/mol. The lowest BCUT2D eigenvalue weighted by Gasteiger charge is -2.26. The average molecular weight is 326 g/mol. The smallest absolute Gasteiger partial charge is 0.171 e. The number of Topliss-reactive ketones (excluding diaryl/α,β-unsaturated/α-hetero) is 1. The summed E-state index contributed by atoms with van der Waals surface area (Å²) in [6, 6.07) is 5.39. The van der Waals surface area contributed by atoms with Gasteiger partial charge in [-0.1, -0.05) is 15.9 Å². The summed E-state index contributed by atoms with van der Waals surface area (Å²) < 4.78 is 6.85. The molecule has 4 heteroatoms. The van der Waals surface area contributed by atoms with Gasteiger partial charge in [-0.15, -0.1) is 0 Å². The van der Waals surface area contributed by atoms with Crippen LogP contribution in [0.15, 0.2) is 22.7 Å². The molecule has 0 amide bonds. The van der Waals surface area contributed by atoms with Crippen molar-refractivity contribution in [2.75, 3.05) is 5.73 Å². The minimum absolute atomic E-state index is 0.0642. The molecule has 0 saturated carbocycles. The first-order valence-electron chi connectivity index (χ1n) is 6.42. The van der Waals surface area contributed by atoms with Crippen molar-refractivity contribution in [2.24, 2.45) is 5.92 Å². The van der Waals surface area contributed by atoms with E-state index in [0.717, 1.165) is 4.47 Å². The lowest BCUT2D eigenvalue weighted by Crippen LogP contribution is -2.34. The van der Waals surface area contributed by atoms with Gasteiger partial charge in [-0.3, -0.25) is 4.79 Å². The number of anilines is 1. The van der Waals surface area contributed by atoms with Gasteiger partial charge in [-0.25, -0.2) is 0 Å². The Kier molecular flexibility index (Phi) is 3.52. The zero-order valence-electron chi connectivity index (χ0n) is 11.8. The van der Waals surface area contributed by atoms with Crippen LogP contribution in [0, 0.1) is 5.92 Å².